The molecular weight excluding hydrogens is 369 g/mol. The maximum Gasteiger partial charge on any atom is 0.466 e. The molecule has 1 unspecified atom stereocenters. The second-order valence-corrected chi connectivity index (χ2v) is 5.51. The van der Waals surface area contributed by atoms with E-state index in [9.17, 15) is 4.79 Å². The summed E-state index contributed by atoms with van der Waals surface area (Å²) in [5, 5.41) is 15.9. The van der Waals surface area contributed by atoms with Crippen LogP contribution < -0.4 is 0 Å². The van der Waals surface area contributed by atoms with Gasteiger partial charge < -0.3 is 59.0 Å². The van der Waals surface area contributed by atoms with Gasteiger partial charge in [-0.3, -0.25) is 0 Å². The van der Waals surface area contributed by atoms with E-state index in [1.165, 1.54) is 0 Å². The van der Waals surface area contributed by atoms with Crippen molar-refractivity contribution in [1.82, 2.24) is 0 Å². The molecule has 0 aromatic carbocycles. The third-order valence-corrected chi connectivity index (χ3v) is 0.344. The lowest BCUT2D eigenvalue weighted by Gasteiger charge is -1.89. The number of phosphoric acid groups is 3. The SMILES string of the molecule is O=CC(O)CO.O=P(O)(O)O.O=P(O)(O)O.O=P(O)(O)O. The molecule has 0 amide bonds. The lowest BCUT2D eigenvalue weighted by atomic mass is 10.4. The molecule has 0 saturated heterocycles. The summed E-state index contributed by atoms with van der Waals surface area (Å²) >= 11 is 0. The van der Waals surface area contributed by atoms with Crippen LogP contribution in [0.3, 0.4) is 0 Å². The lowest BCUT2D eigenvalue weighted by molar-refractivity contribution is -0.116. The first kappa shape index (κ1) is 29.0. The van der Waals surface area contributed by atoms with E-state index in [1.807, 2.05) is 0 Å². The lowest BCUT2D eigenvalue weighted by Crippen LogP contribution is -2.12. The molecule has 0 bridgehead atoms. The van der Waals surface area contributed by atoms with E-state index >= 15 is 0 Å². The molecule has 1 atom stereocenters. The van der Waals surface area contributed by atoms with Crippen molar-refractivity contribution in [3.05, 3.63) is 0 Å². The van der Waals surface area contributed by atoms with Gasteiger partial charge in [0.15, 0.2) is 6.29 Å². The van der Waals surface area contributed by atoms with Gasteiger partial charge in [0.05, 0.1) is 6.61 Å². The van der Waals surface area contributed by atoms with Crippen LogP contribution in [-0.4, -0.2) is 73.3 Å². The van der Waals surface area contributed by atoms with Gasteiger partial charge in [-0.1, -0.05) is 0 Å². The highest BCUT2D eigenvalue weighted by atomic mass is 31.2. The molecule has 0 radical (unpaired) electrons. The molecule has 0 spiro atoms. The molecule has 0 fully saturated rings. The Morgan fingerprint density at radius 1 is 0.714 bits per heavy atom. The molecule has 11 N–H and O–H groups in total. The summed E-state index contributed by atoms with van der Waals surface area (Å²) in [6.45, 7) is -0.483. The Bertz CT molecular complexity index is 299. The maximum absolute atomic E-state index is 9.33. The van der Waals surface area contributed by atoms with Crippen LogP contribution in [0.2, 0.25) is 0 Å². The highest BCUT2D eigenvalue weighted by Gasteiger charge is 2.01. The number of aliphatic hydroxyl groups excluding tert-OH is 2. The minimum absolute atomic E-state index is 0.278. The van der Waals surface area contributed by atoms with E-state index in [0.29, 0.717) is 0 Å². The van der Waals surface area contributed by atoms with E-state index in [1.54, 1.807) is 0 Å². The maximum atomic E-state index is 9.33. The highest BCUT2D eigenvalue weighted by Crippen LogP contribution is 2.26. The van der Waals surface area contributed by atoms with Crippen LogP contribution in [0.4, 0.5) is 0 Å². The van der Waals surface area contributed by atoms with Crippen molar-refractivity contribution in [2.75, 3.05) is 6.61 Å². The Balaban J connectivity index is -0.0000000921. The largest absolute Gasteiger partial charge is 0.466 e. The van der Waals surface area contributed by atoms with Crippen molar-refractivity contribution in [1.29, 1.82) is 0 Å². The van der Waals surface area contributed by atoms with Crippen molar-refractivity contribution in [2.45, 2.75) is 6.10 Å². The minimum atomic E-state index is -4.64. The summed E-state index contributed by atoms with van der Waals surface area (Å²) in [4.78, 5) is 74.0. The topological polar surface area (TPSA) is 291 Å². The molecule has 132 valence electrons. The first-order valence-corrected chi connectivity index (χ1v) is 8.59. The van der Waals surface area contributed by atoms with Gasteiger partial charge in [0.1, 0.15) is 6.10 Å². The number of rotatable bonds is 2. The monoisotopic (exact) mass is 384 g/mol. The Morgan fingerprint density at radius 3 is 0.857 bits per heavy atom. The molecule has 0 aromatic rings. The molecular formula is C3H15O15P3. The fraction of sp³-hybridized carbons (Fsp3) is 0.667. The fourth-order valence-corrected chi connectivity index (χ4v) is 0.0430. The minimum Gasteiger partial charge on any atom is -0.393 e. The van der Waals surface area contributed by atoms with Gasteiger partial charge >= 0.3 is 23.5 Å². The Morgan fingerprint density at radius 2 is 0.857 bits per heavy atom. The summed E-state index contributed by atoms with van der Waals surface area (Å²) in [6, 6.07) is 0. The van der Waals surface area contributed by atoms with Crippen molar-refractivity contribution in [2.24, 2.45) is 0 Å². The molecule has 0 saturated carbocycles. The summed E-state index contributed by atoms with van der Waals surface area (Å²) in [5.74, 6) is 0. The van der Waals surface area contributed by atoms with E-state index in [-0.39, 0.29) is 6.29 Å². The van der Waals surface area contributed by atoms with Crippen LogP contribution in [0.15, 0.2) is 0 Å². The molecule has 0 aliphatic heterocycles. The highest BCUT2D eigenvalue weighted by molar-refractivity contribution is 7.45. The van der Waals surface area contributed by atoms with Crippen LogP contribution in [0, 0.1) is 0 Å². The van der Waals surface area contributed by atoms with E-state index < -0.39 is 36.2 Å². The van der Waals surface area contributed by atoms with Crippen LogP contribution in [0.25, 0.3) is 0 Å². The van der Waals surface area contributed by atoms with E-state index in [2.05, 4.69) is 0 Å². The van der Waals surface area contributed by atoms with Gasteiger partial charge in [-0.25, -0.2) is 13.7 Å². The molecule has 0 heterocycles. The first-order valence-electron chi connectivity index (χ1n) is 3.90. The number of carbonyl (C=O) groups is 1. The predicted molar refractivity (Wildman–Crippen MR) is 61.9 cm³/mol. The zero-order valence-corrected chi connectivity index (χ0v) is 12.4. The van der Waals surface area contributed by atoms with E-state index in [0.717, 1.165) is 0 Å². The van der Waals surface area contributed by atoms with Gasteiger partial charge in [0.2, 0.25) is 0 Å². The van der Waals surface area contributed by atoms with Crippen LogP contribution >= 0.6 is 23.5 Å². The van der Waals surface area contributed by atoms with Gasteiger partial charge in [-0.05, 0) is 0 Å². The number of carbonyl (C=O) groups excluding carboxylic acids is 1. The Hall–Kier alpha value is -0.0800. The fourth-order valence-electron chi connectivity index (χ4n) is 0.0430. The van der Waals surface area contributed by atoms with E-state index in [4.69, 9.17) is 67.9 Å². The summed E-state index contributed by atoms with van der Waals surface area (Å²) in [6.07, 6.45) is -0.912. The smallest absolute Gasteiger partial charge is 0.393 e. The second-order valence-electron chi connectivity index (χ2n) is 2.43. The van der Waals surface area contributed by atoms with Crippen LogP contribution in [-0.2, 0) is 18.5 Å². The number of aliphatic hydroxyl groups is 2. The van der Waals surface area contributed by atoms with Crippen LogP contribution in [0.5, 0.6) is 0 Å². The number of aldehydes is 1. The average molecular weight is 384 g/mol. The molecule has 0 aromatic heterocycles. The standard InChI is InChI=1S/C3H6O3.3H3O4P/c4-1-3(6)2-5;3*1-5(2,3)4/h1,3,5-6H,2H2;3*(H3,1,2,3,4). The van der Waals surface area contributed by atoms with Crippen molar-refractivity contribution < 1.29 is 72.7 Å². The summed E-state index contributed by atoms with van der Waals surface area (Å²) in [5.41, 5.74) is 0. The molecule has 18 heteroatoms. The Kier molecular flexibility index (Phi) is 18.7. The third kappa shape index (κ3) is 416. The Labute approximate surface area is 116 Å². The quantitative estimate of drug-likeness (QED) is 0.159. The third-order valence-electron chi connectivity index (χ3n) is 0.344. The number of hydrogen-bond acceptors (Lipinski definition) is 6. The normalized spacial score (nSPS) is 12.3. The van der Waals surface area contributed by atoms with Crippen molar-refractivity contribution in [3.63, 3.8) is 0 Å². The zero-order valence-electron chi connectivity index (χ0n) is 9.76. The first-order chi connectivity index (χ1) is 8.81. The summed E-state index contributed by atoms with van der Waals surface area (Å²) < 4.78 is 26.6. The molecule has 0 aliphatic rings. The average Bonchev–Trinajstić information content (AvgIpc) is 2.08. The van der Waals surface area contributed by atoms with Crippen molar-refractivity contribution in [3.8, 4) is 0 Å². The molecule has 0 aliphatic carbocycles. The molecule has 0 rings (SSSR count). The van der Waals surface area contributed by atoms with Gasteiger partial charge in [-0.15, -0.1) is 0 Å². The van der Waals surface area contributed by atoms with Crippen LogP contribution in [0.1, 0.15) is 0 Å². The summed E-state index contributed by atoms with van der Waals surface area (Å²) in [7, 11) is -13.9. The number of hydrogen-bond donors (Lipinski definition) is 11. The van der Waals surface area contributed by atoms with Crippen molar-refractivity contribution >= 4 is 29.8 Å². The second kappa shape index (κ2) is 13.6. The molecule has 15 nitrogen and oxygen atoms in total. The van der Waals surface area contributed by atoms with Gasteiger partial charge in [0, 0.05) is 0 Å². The van der Waals surface area contributed by atoms with Gasteiger partial charge in [-0.2, -0.15) is 0 Å². The molecule has 21 heavy (non-hydrogen) atoms. The predicted octanol–water partition coefficient (Wildman–Crippen LogP) is -4.25. The van der Waals surface area contributed by atoms with Gasteiger partial charge in [0.25, 0.3) is 0 Å². The zero-order chi connectivity index (χ0) is 18.5.